The molecular weight excluding hydrogens is 465 g/mol. The van der Waals surface area contributed by atoms with Crippen LogP contribution in [0.3, 0.4) is 0 Å². The summed E-state index contributed by atoms with van der Waals surface area (Å²) < 4.78 is 6.43. The number of nitrogens with one attached hydrogen (secondary N) is 1. The van der Waals surface area contributed by atoms with Gasteiger partial charge in [-0.15, -0.1) is 35.3 Å². The van der Waals surface area contributed by atoms with Crippen LogP contribution in [0, 0.1) is 5.92 Å². The minimum Gasteiger partial charge on any atom is -0.384 e. The summed E-state index contributed by atoms with van der Waals surface area (Å²) in [5.74, 6) is 1.64. The number of methoxy groups -OCH3 is 1. The van der Waals surface area contributed by atoms with Crippen LogP contribution in [0.15, 0.2) is 20.9 Å². The number of hydrogen-bond acceptors (Lipinski definition) is 3. The molecule has 21 heavy (non-hydrogen) atoms. The predicted molar refractivity (Wildman–Crippen MR) is 104 cm³/mol. The van der Waals surface area contributed by atoms with Crippen molar-refractivity contribution in [1.82, 2.24) is 10.2 Å². The average Bonchev–Trinajstić information content (AvgIpc) is 3.05. The molecule has 0 aliphatic carbocycles. The first-order valence-electron chi connectivity index (χ1n) is 6.91. The fraction of sp³-hybridized carbons (Fsp3) is 0.643. The topological polar surface area (TPSA) is 36.9 Å². The highest BCUT2D eigenvalue weighted by Crippen LogP contribution is 2.22. The van der Waals surface area contributed by atoms with Gasteiger partial charge < -0.3 is 15.0 Å². The highest BCUT2D eigenvalue weighted by atomic mass is 127. The van der Waals surface area contributed by atoms with Crippen LogP contribution in [0.1, 0.15) is 11.3 Å². The average molecular weight is 488 g/mol. The third kappa shape index (κ3) is 6.03. The van der Waals surface area contributed by atoms with Crippen molar-refractivity contribution in [2.24, 2.45) is 10.9 Å². The van der Waals surface area contributed by atoms with E-state index in [9.17, 15) is 0 Å². The van der Waals surface area contributed by atoms with Crippen molar-refractivity contribution >= 4 is 57.2 Å². The van der Waals surface area contributed by atoms with E-state index < -0.39 is 0 Å². The van der Waals surface area contributed by atoms with Crippen LogP contribution in [0.25, 0.3) is 0 Å². The van der Waals surface area contributed by atoms with E-state index in [-0.39, 0.29) is 24.0 Å². The highest BCUT2D eigenvalue weighted by Gasteiger charge is 2.24. The molecule has 4 nitrogen and oxygen atoms in total. The summed E-state index contributed by atoms with van der Waals surface area (Å²) >= 11 is 5.29. The second-order valence-corrected chi connectivity index (χ2v) is 7.53. The zero-order valence-corrected chi connectivity index (χ0v) is 17.2. The number of aliphatic imine (C=N–C) groups is 1. The Labute approximate surface area is 156 Å². The van der Waals surface area contributed by atoms with E-state index in [4.69, 9.17) is 4.74 Å². The molecule has 0 saturated carbocycles. The van der Waals surface area contributed by atoms with Gasteiger partial charge in [0.25, 0.3) is 0 Å². The van der Waals surface area contributed by atoms with Crippen LogP contribution in [0.4, 0.5) is 0 Å². The van der Waals surface area contributed by atoms with Crippen molar-refractivity contribution in [3.63, 3.8) is 0 Å². The predicted octanol–water partition coefficient (Wildman–Crippen LogP) is 3.21. The fourth-order valence-electron chi connectivity index (χ4n) is 2.51. The number of ether oxygens (including phenoxy) is 1. The molecule has 1 aromatic heterocycles. The summed E-state index contributed by atoms with van der Waals surface area (Å²) in [7, 11) is 3.63. The van der Waals surface area contributed by atoms with Crippen LogP contribution in [-0.2, 0) is 11.2 Å². The van der Waals surface area contributed by atoms with Gasteiger partial charge in [-0.05, 0) is 40.9 Å². The van der Waals surface area contributed by atoms with E-state index in [0.717, 1.165) is 38.6 Å². The van der Waals surface area contributed by atoms with Gasteiger partial charge in [0.1, 0.15) is 0 Å². The molecule has 1 atom stereocenters. The molecule has 1 fully saturated rings. The Morgan fingerprint density at radius 2 is 2.38 bits per heavy atom. The van der Waals surface area contributed by atoms with Crippen molar-refractivity contribution < 1.29 is 4.74 Å². The third-order valence-electron chi connectivity index (χ3n) is 3.48. The molecule has 0 spiro atoms. The molecule has 1 aliphatic heterocycles. The van der Waals surface area contributed by atoms with Gasteiger partial charge in [0.05, 0.1) is 10.4 Å². The van der Waals surface area contributed by atoms with Crippen LogP contribution in [0.2, 0.25) is 0 Å². The molecule has 0 radical (unpaired) electrons. The van der Waals surface area contributed by atoms with Gasteiger partial charge in [0.15, 0.2) is 5.96 Å². The number of hydrogen-bond donors (Lipinski definition) is 1. The van der Waals surface area contributed by atoms with Crippen LogP contribution < -0.4 is 5.32 Å². The van der Waals surface area contributed by atoms with Crippen LogP contribution in [-0.4, -0.2) is 51.3 Å². The van der Waals surface area contributed by atoms with E-state index in [1.54, 1.807) is 18.4 Å². The van der Waals surface area contributed by atoms with Crippen molar-refractivity contribution in [2.75, 3.05) is 40.4 Å². The number of halogens is 2. The van der Waals surface area contributed by atoms with Crippen molar-refractivity contribution in [1.29, 1.82) is 0 Å². The molecule has 120 valence electrons. The molecule has 0 aromatic carbocycles. The van der Waals surface area contributed by atoms with Crippen LogP contribution in [0.5, 0.6) is 0 Å². The second-order valence-electron chi connectivity index (χ2n) is 4.99. The van der Waals surface area contributed by atoms with E-state index in [0.29, 0.717) is 5.92 Å². The van der Waals surface area contributed by atoms with Gasteiger partial charge in [0.2, 0.25) is 0 Å². The quantitative estimate of drug-likeness (QED) is 0.393. The SMILES string of the molecule is CN=C(NCCc1ccc(Br)s1)N1CCC(COC)C1.I. The number of likely N-dealkylation sites (tertiary alicyclic amines) is 1. The lowest BCUT2D eigenvalue weighted by Crippen LogP contribution is -2.41. The summed E-state index contributed by atoms with van der Waals surface area (Å²) in [6.45, 7) is 3.87. The minimum atomic E-state index is 0. The summed E-state index contributed by atoms with van der Waals surface area (Å²) in [5.41, 5.74) is 0. The van der Waals surface area contributed by atoms with Gasteiger partial charge in [-0.2, -0.15) is 0 Å². The number of rotatable bonds is 5. The first-order chi connectivity index (χ1) is 9.72. The molecule has 1 N–H and O–H groups in total. The Morgan fingerprint density at radius 1 is 1.57 bits per heavy atom. The Hall–Kier alpha value is 0.140. The van der Waals surface area contributed by atoms with E-state index in [1.165, 1.54) is 15.1 Å². The molecule has 1 aliphatic rings. The standard InChI is InChI=1S/C14H22BrN3OS.HI/c1-16-14(18-8-6-11(9-18)10-19-2)17-7-5-12-3-4-13(15)20-12;/h3-4,11H,5-10H2,1-2H3,(H,16,17);1H. The van der Waals surface area contributed by atoms with Gasteiger partial charge >= 0.3 is 0 Å². The fourth-order valence-corrected chi connectivity index (χ4v) is 4.00. The Kier molecular flexibility index (Phi) is 9.15. The molecule has 1 unspecified atom stereocenters. The Bertz CT molecular complexity index is 455. The summed E-state index contributed by atoms with van der Waals surface area (Å²) in [5, 5.41) is 3.46. The molecule has 0 amide bonds. The third-order valence-corrected chi connectivity index (χ3v) is 5.17. The first kappa shape index (κ1) is 19.2. The summed E-state index contributed by atoms with van der Waals surface area (Å²) in [4.78, 5) is 8.10. The van der Waals surface area contributed by atoms with Gasteiger partial charge in [-0.1, -0.05) is 0 Å². The molecule has 7 heteroatoms. The van der Waals surface area contributed by atoms with E-state index in [1.807, 2.05) is 7.05 Å². The second kappa shape index (κ2) is 10.0. The lowest BCUT2D eigenvalue weighted by atomic mass is 10.1. The summed E-state index contributed by atoms with van der Waals surface area (Å²) in [6.07, 6.45) is 2.22. The molecular formula is C14H23BrIN3OS. The number of thiophene rings is 1. The van der Waals surface area contributed by atoms with Crippen molar-refractivity contribution in [3.05, 3.63) is 20.8 Å². The number of nitrogens with zero attached hydrogens (tertiary/aromatic N) is 2. The molecule has 0 bridgehead atoms. The zero-order chi connectivity index (χ0) is 14.4. The van der Waals surface area contributed by atoms with E-state index in [2.05, 4.69) is 43.3 Å². The first-order valence-corrected chi connectivity index (χ1v) is 8.52. The van der Waals surface area contributed by atoms with Crippen LogP contribution >= 0.6 is 51.2 Å². The maximum Gasteiger partial charge on any atom is 0.193 e. The molecule has 2 heterocycles. The maximum atomic E-state index is 5.24. The van der Waals surface area contributed by atoms with Gasteiger partial charge in [-0.3, -0.25) is 4.99 Å². The normalized spacial score (nSPS) is 18.7. The zero-order valence-electron chi connectivity index (χ0n) is 12.5. The Balaban J connectivity index is 0.00000220. The molecule has 1 saturated heterocycles. The Morgan fingerprint density at radius 3 is 3.00 bits per heavy atom. The monoisotopic (exact) mass is 487 g/mol. The summed E-state index contributed by atoms with van der Waals surface area (Å²) in [6, 6.07) is 4.27. The van der Waals surface area contributed by atoms with Gasteiger partial charge in [-0.25, -0.2) is 0 Å². The highest BCUT2D eigenvalue weighted by molar-refractivity contribution is 14.0. The lowest BCUT2D eigenvalue weighted by molar-refractivity contribution is 0.157. The largest absolute Gasteiger partial charge is 0.384 e. The molecule has 1 aromatic rings. The maximum absolute atomic E-state index is 5.24. The smallest absolute Gasteiger partial charge is 0.193 e. The van der Waals surface area contributed by atoms with Crippen molar-refractivity contribution in [3.8, 4) is 0 Å². The van der Waals surface area contributed by atoms with Gasteiger partial charge in [0, 0.05) is 44.6 Å². The molecule has 2 rings (SSSR count). The lowest BCUT2D eigenvalue weighted by Gasteiger charge is -2.21. The van der Waals surface area contributed by atoms with Crippen molar-refractivity contribution in [2.45, 2.75) is 12.8 Å². The minimum absolute atomic E-state index is 0. The van der Waals surface area contributed by atoms with E-state index >= 15 is 0 Å². The number of guanidine groups is 1.